The zero-order valence-electron chi connectivity index (χ0n) is 13.3. The summed E-state index contributed by atoms with van der Waals surface area (Å²) in [6.07, 6.45) is -4.10. The molecule has 0 saturated heterocycles. The molecular formula is C17H17F3O4. The smallest absolute Gasteiger partial charge is 0.397 e. The van der Waals surface area contributed by atoms with Gasteiger partial charge in [-0.1, -0.05) is 0 Å². The van der Waals surface area contributed by atoms with Crippen LogP contribution in [0.25, 0.3) is 11.0 Å². The van der Waals surface area contributed by atoms with Crippen LogP contribution in [0.15, 0.2) is 22.6 Å². The molecule has 1 aromatic heterocycles. The van der Waals surface area contributed by atoms with E-state index in [2.05, 4.69) is 0 Å². The quantitative estimate of drug-likeness (QED) is 0.743. The van der Waals surface area contributed by atoms with Crippen LogP contribution in [-0.2, 0) is 4.74 Å². The van der Waals surface area contributed by atoms with Gasteiger partial charge in [0.05, 0.1) is 6.61 Å². The van der Waals surface area contributed by atoms with Crippen molar-refractivity contribution in [3.63, 3.8) is 0 Å². The van der Waals surface area contributed by atoms with Crippen molar-refractivity contribution in [3.8, 4) is 5.75 Å². The highest BCUT2D eigenvalue weighted by molar-refractivity contribution is 6.04. The molecule has 24 heavy (non-hydrogen) atoms. The number of halogens is 3. The van der Waals surface area contributed by atoms with E-state index in [-0.39, 0.29) is 30.8 Å². The fourth-order valence-electron chi connectivity index (χ4n) is 2.63. The maximum atomic E-state index is 13.0. The molecule has 0 radical (unpaired) electrons. The summed E-state index contributed by atoms with van der Waals surface area (Å²) in [5.41, 5.74) is -1.01. The molecule has 0 bridgehead atoms. The number of ether oxygens (including phenoxy) is 2. The Morgan fingerprint density at radius 1 is 1.33 bits per heavy atom. The topological polar surface area (TPSA) is 48.7 Å². The maximum Gasteiger partial charge on any atom is 0.397 e. The fourth-order valence-corrected chi connectivity index (χ4v) is 2.63. The number of hydrogen-bond acceptors (Lipinski definition) is 4. The number of furan rings is 1. The minimum Gasteiger partial charge on any atom is -0.493 e. The number of fused-ring (bicyclic) bond motifs is 1. The highest BCUT2D eigenvalue weighted by atomic mass is 19.4. The third-order valence-corrected chi connectivity index (χ3v) is 4.29. The van der Waals surface area contributed by atoms with Crippen molar-refractivity contribution in [1.82, 2.24) is 0 Å². The second kappa shape index (κ2) is 5.72. The Morgan fingerprint density at radius 2 is 2.04 bits per heavy atom. The van der Waals surface area contributed by atoms with Gasteiger partial charge in [0.1, 0.15) is 34.7 Å². The summed E-state index contributed by atoms with van der Waals surface area (Å²) in [6.45, 7) is 3.12. The summed E-state index contributed by atoms with van der Waals surface area (Å²) in [5, 5.41) is 0.473. The van der Waals surface area contributed by atoms with Crippen LogP contribution in [0.5, 0.6) is 5.75 Å². The van der Waals surface area contributed by atoms with Gasteiger partial charge in [-0.05, 0) is 44.9 Å². The van der Waals surface area contributed by atoms with Crippen molar-refractivity contribution in [2.45, 2.75) is 32.9 Å². The molecule has 0 unspecified atom stereocenters. The molecule has 1 aliphatic rings. The molecule has 4 nitrogen and oxygen atoms in total. The SMILES string of the molecule is CCOC(=O)c1c(C)oc2ccc(OCC3(C(F)(F)F)CC3)cc12. The molecule has 0 amide bonds. The number of hydrogen-bond donors (Lipinski definition) is 0. The largest absolute Gasteiger partial charge is 0.493 e. The third-order valence-electron chi connectivity index (χ3n) is 4.29. The summed E-state index contributed by atoms with van der Waals surface area (Å²) in [5.74, 6) is 0.138. The van der Waals surface area contributed by atoms with Crippen molar-refractivity contribution in [3.05, 3.63) is 29.5 Å². The first-order valence-corrected chi connectivity index (χ1v) is 7.67. The molecule has 1 saturated carbocycles. The van der Waals surface area contributed by atoms with Gasteiger partial charge in [0, 0.05) is 5.39 Å². The molecule has 2 aromatic rings. The third kappa shape index (κ3) is 2.83. The first kappa shape index (κ1) is 16.7. The summed E-state index contributed by atoms with van der Waals surface area (Å²) < 4.78 is 54.7. The molecule has 0 spiro atoms. The van der Waals surface area contributed by atoms with Gasteiger partial charge in [0.25, 0.3) is 0 Å². The number of rotatable bonds is 5. The van der Waals surface area contributed by atoms with Crippen LogP contribution in [0.4, 0.5) is 13.2 Å². The van der Waals surface area contributed by atoms with Gasteiger partial charge in [0.2, 0.25) is 0 Å². The molecule has 0 N–H and O–H groups in total. The molecule has 3 rings (SSSR count). The summed E-state index contributed by atoms with van der Waals surface area (Å²) >= 11 is 0. The van der Waals surface area contributed by atoms with Crippen LogP contribution >= 0.6 is 0 Å². The van der Waals surface area contributed by atoms with Crippen LogP contribution in [0.1, 0.15) is 35.9 Å². The van der Waals surface area contributed by atoms with Gasteiger partial charge >= 0.3 is 12.1 Å². The average molecular weight is 342 g/mol. The van der Waals surface area contributed by atoms with Crippen molar-refractivity contribution in [2.24, 2.45) is 5.41 Å². The number of esters is 1. The Labute approximate surface area is 136 Å². The summed E-state index contributed by atoms with van der Waals surface area (Å²) in [7, 11) is 0. The number of alkyl halides is 3. The van der Waals surface area contributed by atoms with Crippen molar-refractivity contribution in [1.29, 1.82) is 0 Å². The predicted molar refractivity (Wildman–Crippen MR) is 80.1 cm³/mol. The molecule has 1 fully saturated rings. The normalized spacial score (nSPS) is 16.2. The highest BCUT2D eigenvalue weighted by Crippen LogP contribution is 2.57. The zero-order chi connectivity index (χ0) is 17.5. The van der Waals surface area contributed by atoms with E-state index in [1.165, 1.54) is 12.1 Å². The first-order valence-electron chi connectivity index (χ1n) is 7.67. The molecule has 0 aliphatic heterocycles. The Hall–Kier alpha value is -2.18. The van der Waals surface area contributed by atoms with Gasteiger partial charge in [0.15, 0.2) is 0 Å². The van der Waals surface area contributed by atoms with E-state index in [0.717, 1.165) is 0 Å². The summed E-state index contributed by atoms with van der Waals surface area (Å²) in [4.78, 5) is 12.0. The van der Waals surface area contributed by atoms with Crippen LogP contribution in [0.3, 0.4) is 0 Å². The van der Waals surface area contributed by atoms with Crippen LogP contribution in [-0.4, -0.2) is 25.4 Å². The molecule has 1 aromatic carbocycles. The van der Waals surface area contributed by atoms with Gasteiger partial charge < -0.3 is 13.9 Å². The molecule has 130 valence electrons. The Balaban J connectivity index is 1.86. The second-order valence-electron chi connectivity index (χ2n) is 5.98. The van der Waals surface area contributed by atoms with Gasteiger partial charge in [-0.15, -0.1) is 0 Å². The molecule has 7 heteroatoms. The Kier molecular flexibility index (Phi) is 3.97. The standard InChI is InChI=1S/C17H17F3O4/c1-3-22-15(21)14-10(2)24-13-5-4-11(8-12(13)14)23-9-16(6-7-16)17(18,19)20/h4-5,8H,3,6-7,9H2,1-2H3. The van der Waals surface area contributed by atoms with E-state index in [0.29, 0.717) is 16.7 Å². The number of carbonyl (C=O) groups is 1. The molecule has 1 heterocycles. The van der Waals surface area contributed by atoms with E-state index in [9.17, 15) is 18.0 Å². The van der Waals surface area contributed by atoms with E-state index in [1.807, 2.05) is 0 Å². The van der Waals surface area contributed by atoms with E-state index < -0.39 is 24.2 Å². The number of benzene rings is 1. The minimum absolute atomic E-state index is 0.0810. The van der Waals surface area contributed by atoms with Crippen molar-refractivity contribution < 1.29 is 31.9 Å². The lowest BCUT2D eigenvalue weighted by Crippen LogP contribution is -2.30. The summed E-state index contributed by atoms with van der Waals surface area (Å²) in [6, 6.07) is 4.63. The van der Waals surface area contributed by atoms with E-state index >= 15 is 0 Å². The fraction of sp³-hybridized carbons (Fsp3) is 0.471. The number of aryl methyl sites for hydroxylation is 1. The Bertz CT molecular complexity index is 772. The predicted octanol–water partition coefficient (Wildman–Crippen LogP) is 4.64. The Morgan fingerprint density at radius 3 is 2.62 bits per heavy atom. The minimum atomic E-state index is -4.26. The van der Waals surface area contributed by atoms with Crippen molar-refractivity contribution >= 4 is 16.9 Å². The van der Waals surface area contributed by atoms with Gasteiger partial charge in [-0.2, -0.15) is 13.2 Å². The molecule has 1 aliphatic carbocycles. The molecule has 0 atom stereocenters. The van der Waals surface area contributed by atoms with E-state index in [4.69, 9.17) is 13.9 Å². The van der Waals surface area contributed by atoms with Crippen LogP contribution in [0.2, 0.25) is 0 Å². The van der Waals surface area contributed by atoms with E-state index in [1.54, 1.807) is 19.9 Å². The zero-order valence-corrected chi connectivity index (χ0v) is 13.3. The first-order chi connectivity index (χ1) is 11.3. The van der Waals surface area contributed by atoms with Crippen LogP contribution in [0, 0.1) is 12.3 Å². The van der Waals surface area contributed by atoms with Crippen LogP contribution < -0.4 is 4.74 Å². The number of carbonyl (C=O) groups excluding carboxylic acids is 1. The highest BCUT2D eigenvalue weighted by Gasteiger charge is 2.63. The lowest BCUT2D eigenvalue weighted by molar-refractivity contribution is -0.194. The van der Waals surface area contributed by atoms with Gasteiger partial charge in [-0.3, -0.25) is 0 Å². The average Bonchev–Trinajstić information content (AvgIpc) is 3.22. The van der Waals surface area contributed by atoms with Gasteiger partial charge in [-0.25, -0.2) is 4.79 Å². The maximum absolute atomic E-state index is 13.0. The lowest BCUT2D eigenvalue weighted by Gasteiger charge is -2.19. The van der Waals surface area contributed by atoms with Crippen molar-refractivity contribution in [2.75, 3.05) is 13.2 Å². The second-order valence-corrected chi connectivity index (χ2v) is 5.98. The lowest BCUT2D eigenvalue weighted by atomic mass is 10.1. The monoisotopic (exact) mass is 342 g/mol. The molecular weight excluding hydrogens is 325 g/mol.